The van der Waals surface area contributed by atoms with Crippen LogP contribution in [0.3, 0.4) is 0 Å². The summed E-state index contributed by atoms with van der Waals surface area (Å²) in [5, 5.41) is 3.63. The summed E-state index contributed by atoms with van der Waals surface area (Å²) >= 11 is 3.59. The molecule has 0 saturated heterocycles. The molecule has 1 aliphatic carbocycles. The summed E-state index contributed by atoms with van der Waals surface area (Å²) in [7, 11) is 0. The molecule has 1 saturated carbocycles. The molecule has 0 amide bonds. The third-order valence-corrected chi connectivity index (χ3v) is 4.40. The molecule has 0 unspecified atom stereocenters. The molecule has 1 fully saturated rings. The van der Waals surface area contributed by atoms with Gasteiger partial charge in [0.15, 0.2) is 11.5 Å². The lowest BCUT2D eigenvalue weighted by molar-refractivity contribution is 0.296. The number of halogens is 1. The molecule has 4 heteroatoms. The summed E-state index contributed by atoms with van der Waals surface area (Å²) in [4.78, 5) is 0. The third kappa shape index (κ3) is 3.23. The van der Waals surface area contributed by atoms with Crippen LogP contribution in [0.2, 0.25) is 0 Å². The van der Waals surface area contributed by atoms with Crippen molar-refractivity contribution in [1.82, 2.24) is 5.32 Å². The zero-order valence-electron chi connectivity index (χ0n) is 11.1. The number of benzene rings is 1. The van der Waals surface area contributed by atoms with Crippen LogP contribution in [0.4, 0.5) is 0 Å². The predicted molar refractivity (Wildman–Crippen MR) is 78.8 cm³/mol. The molecule has 3 nitrogen and oxygen atoms in total. The second-order valence-electron chi connectivity index (χ2n) is 5.32. The standard InChI is InChI=1S/C15H20BrNO2/c16-13-8-11(10-17-12-4-1-2-5-12)9-14-15(13)19-7-3-6-18-14/h8-9,12,17H,1-7,10H2. The van der Waals surface area contributed by atoms with E-state index in [0.717, 1.165) is 42.2 Å². The van der Waals surface area contributed by atoms with E-state index in [-0.39, 0.29) is 0 Å². The molecule has 1 N–H and O–H groups in total. The topological polar surface area (TPSA) is 30.5 Å². The van der Waals surface area contributed by atoms with E-state index in [1.807, 2.05) is 0 Å². The van der Waals surface area contributed by atoms with Gasteiger partial charge in [-0.25, -0.2) is 0 Å². The van der Waals surface area contributed by atoms with Crippen LogP contribution < -0.4 is 14.8 Å². The second kappa shape index (κ2) is 6.14. The van der Waals surface area contributed by atoms with Crippen LogP contribution in [0.1, 0.15) is 37.7 Å². The van der Waals surface area contributed by atoms with Crippen molar-refractivity contribution in [2.75, 3.05) is 13.2 Å². The van der Waals surface area contributed by atoms with Crippen molar-refractivity contribution < 1.29 is 9.47 Å². The van der Waals surface area contributed by atoms with E-state index in [2.05, 4.69) is 33.4 Å². The number of rotatable bonds is 3. The summed E-state index contributed by atoms with van der Waals surface area (Å²) in [5.41, 5.74) is 1.25. The Kier molecular flexibility index (Phi) is 4.28. The average Bonchev–Trinajstić information content (AvgIpc) is 2.81. The number of ether oxygens (including phenoxy) is 2. The first-order valence-electron chi connectivity index (χ1n) is 7.14. The first-order chi connectivity index (χ1) is 9.33. The molecule has 19 heavy (non-hydrogen) atoms. The van der Waals surface area contributed by atoms with Crippen molar-refractivity contribution in [2.24, 2.45) is 0 Å². The second-order valence-corrected chi connectivity index (χ2v) is 6.17. The van der Waals surface area contributed by atoms with Crippen LogP contribution in [0.5, 0.6) is 11.5 Å². The van der Waals surface area contributed by atoms with Gasteiger partial charge in [-0.15, -0.1) is 0 Å². The zero-order chi connectivity index (χ0) is 13.1. The van der Waals surface area contributed by atoms with Crippen molar-refractivity contribution >= 4 is 15.9 Å². The fourth-order valence-electron chi connectivity index (χ4n) is 2.78. The van der Waals surface area contributed by atoms with Gasteiger partial charge in [-0.05, 0) is 46.5 Å². The summed E-state index contributed by atoms with van der Waals surface area (Å²) in [6.45, 7) is 2.37. The largest absolute Gasteiger partial charge is 0.490 e. The summed E-state index contributed by atoms with van der Waals surface area (Å²) in [6, 6.07) is 4.93. The number of fused-ring (bicyclic) bond motifs is 1. The van der Waals surface area contributed by atoms with Gasteiger partial charge >= 0.3 is 0 Å². The van der Waals surface area contributed by atoms with E-state index in [1.54, 1.807) is 0 Å². The number of nitrogens with one attached hydrogen (secondary N) is 1. The van der Waals surface area contributed by atoms with Gasteiger partial charge in [0.1, 0.15) is 0 Å². The third-order valence-electron chi connectivity index (χ3n) is 3.81. The normalized spacial score (nSPS) is 19.4. The lowest BCUT2D eigenvalue weighted by Crippen LogP contribution is -2.25. The Morgan fingerprint density at radius 1 is 1.11 bits per heavy atom. The predicted octanol–water partition coefficient (Wildman–Crippen LogP) is 3.64. The number of hydrogen-bond donors (Lipinski definition) is 1. The van der Waals surface area contributed by atoms with E-state index in [0.29, 0.717) is 6.04 Å². The van der Waals surface area contributed by atoms with Gasteiger partial charge in [0.05, 0.1) is 17.7 Å². The quantitative estimate of drug-likeness (QED) is 0.920. The highest BCUT2D eigenvalue weighted by atomic mass is 79.9. The first-order valence-corrected chi connectivity index (χ1v) is 7.93. The lowest BCUT2D eigenvalue weighted by atomic mass is 10.1. The van der Waals surface area contributed by atoms with Crippen LogP contribution >= 0.6 is 15.9 Å². The van der Waals surface area contributed by atoms with E-state index in [4.69, 9.17) is 9.47 Å². The maximum absolute atomic E-state index is 5.76. The minimum absolute atomic E-state index is 0.690. The van der Waals surface area contributed by atoms with Crippen LogP contribution in [0.25, 0.3) is 0 Å². The molecule has 104 valence electrons. The molecule has 1 aromatic rings. The monoisotopic (exact) mass is 325 g/mol. The molecule has 0 atom stereocenters. The minimum Gasteiger partial charge on any atom is -0.490 e. The maximum Gasteiger partial charge on any atom is 0.175 e. The van der Waals surface area contributed by atoms with Gasteiger partial charge in [-0.3, -0.25) is 0 Å². The fraction of sp³-hybridized carbons (Fsp3) is 0.600. The van der Waals surface area contributed by atoms with Crippen molar-refractivity contribution in [3.05, 3.63) is 22.2 Å². The maximum atomic E-state index is 5.76. The Hall–Kier alpha value is -0.740. The Bertz CT molecular complexity index is 444. The minimum atomic E-state index is 0.690. The van der Waals surface area contributed by atoms with Gasteiger partial charge < -0.3 is 14.8 Å². The SMILES string of the molecule is Brc1cc(CNC2CCCC2)cc2c1OCCCO2. The first kappa shape index (κ1) is 13.3. The van der Waals surface area contributed by atoms with Crippen molar-refractivity contribution in [3.63, 3.8) is 0 Å². The van der Waals surface area contributed by atoms with Gasteiger partial charge in [-0.2, -0.15) is 0 Å². The highest BCUT2D eigenvalue weighted by Gasteiger charge is 2.17. The summed E-state index contributed by atoms with van der Waals surface area (Å²) < 4.78 is 12.5. The van der Waals surface area contributed by atoms with Gasteiger partial charge in [-0.1, -0.05) is 12.8 Å². The van der Waals surface area contributed by atoms with E-state index < -0.39 is 0 Å². The summed E-state index contributed by atoms with van der Waals surface area (Å²) in [6.07, 6.45) is 6.29. The zero-order valence-corrected chi connectivity index (χ0v) is 12.7. The van der Waals surface area contributed by atoms with E-state index in [9.17, 15) is 0 Å². The van der Waals surface area contributed by atoms with Crippen LogP contribution in [0, 0.1) is 0 Å². The number of hydrogen-bond acceptors (Lipinski definition) is 3. The Labute approximate surface area is 122 Å². The molecular formula is C15H20BrNO2. The molecule has 1 aromatic carbocycles. The smallest absolute Gasteiger partial charge is 0.175 e. The van der Waals surface area contributed by atoms with Crippen LogP contribution in [-0.4, -0.2) is 19.3 Å². The molecule has 0 bridgehead atoms. The lowest BCUT2D eigenvalue weighted by Gasteiger charge is -2.15. The van der Waals surface area contributed by atoms with E-state index in [1.165, 1.54) is 31.2 Å². The Morgan fingerprint density at radius 2 is 1.89 bits per heavy atom. The van der Waals surface area contributed by atoms with Gasteiger partial charge in [0.2, 0.25) is 0 Å². The highest BCUT2D eigenvalue weighted by Crippen LogP contribution is 2.38. The molecule has 3 rings (SSSR count). The molecule has 2 aliphatic rings. The molecule has 0 spiro atoms. The van der Waals surface area contributed by atoms with Crippen molar-refractivity contribution in [3.8, 4) is 11.5 Å². The molecule has 0 aromatic heterocycles. The van der Waals surface area contributed by atoms with Gasteiger partial charge in [0.25, 0.3) is 0 Å². The molecule has 1 aliphatic heterocycles. The van der Waals surface area contributed by atoms with E-state index >= 15 is 0 Å². The van der Waals surface area contributed by atoms with Gasteiger partial charge in [0, 0.05) is 19.0 Å². The Morgan fingerprint density at radius 3 is 2.74 bits per heavy atom. The van der Waals surface area contributed by atoms with Crippen LogP contribution in [-0.2, 0) is 6.54 Å². The Balaban J connectivity index is 1.71. The highest BCUT2D eigenvalue weighted by molar-refractivity contribution is 9.10. The fourth-order valence-corrected chi connectivity index (χ4v) is 3.38. The van der Waals surface area contributed by atoms with Crippen LogP contribution in [0.15, 0.2) is 16.6 Å². The molecule has 0 radical (unpaired) electrons. The molecular weight excluding hydrogens is 306 g/mol. The van der Waals surface area contributed by atoms with Crippen molar-refractivity contribution in [2.45, 2.75) is 44.7 Å². The molecule has 1 heterocycles. The van der Waals surface area contributed by atoms with Crippen molar-refractivity contribution in [1.29, 1.82) is 0 Å². The average molecular weight is 326 g/mol. The summed E-state index contributed by atoms with van der Waals surface area (Å²) in [5.74, 6) is 1.72.